The molecular weight excluding hydrogens is 914 g/mol. The Kier molecular flexibility index (Phi) is 9.60. The zero-order valence-electron chi connectivity index (χ0n) is 35.3. The Bertz CT molecular complexity index is 2960. The Morgan fingerprint density at radius 2 is 1.37 bits per heavy atom. The first-order chi connectivity index (χ1) is 28.4. The van der Waals surface area contributed by atoms with Crippen LogP contribution in [0.1, 0.15) is 68.0 Å². The molecule has 0 saturated carbocycles. The van der Waals surface area contributed by atoms with Crippen molar-refractivity contribution in [3.05, 3.63) is 184 Å². The molecule has 0 bridgehead atoms. The third-order valence-electron chi connectivity index (χ3n) is 12.2. The van der Waals surface area contributed by atoms with Gasteiger partial charge in [0.05, 0.1) is 0 Å². The molecule has 298 valence electrons. The van der Waals surface area contributed by atoms with Crippen molar-refractivity contribution in [1.29, 1.82) is 0 Å². The summed E-state index contributed by atoms with van der Waals surface area (Å²) in [4.78, 5) is 15.2. The van der Waals surface area contributed by atoms with E-state index < -0.39 is 0 Å². The van der Waals surface area contributed by atoms with Gasteiger partial charge in [-0.25, -0.2) is 4.98 Å². The van der Waals surface area contributed by atoms with E-state index >= 15 is 0 Å². The normalized spacial score (nSPS) is 13.7. The Balaban J connectivity index is 0.00000462. The SMILES string of the molecule is Cc1cc(C)c(-c2cc3c(c4nc(-c5[c-]c6c(cc5)C(C)(C)c5ccccc5N6c5cc(C(C)(C)C)ccn5)ccc24)[N-]c2ccccc2N3c2ccccc2)c(C)c1.[Pt+2]. The van der Waals surface area contributed by atoms with Gasteiger partial charge in [0.15, 0.2) is 0 Å². The van der Waals surface area contributed by atoms with E-state index in [1.165, 1.54) is 38.9 Å². The quantitative estimate of drug-likeness (QED) is 0.165. The summed E-state index contributed by atoms with van der Waals surface area (Å²) in [6.07, 6.45) is 1.94. The van der Waals surface area contributed by atoms with Gasteiger partial charge >= 0.3 is 21.1 Å². The van der Waals surface area contributed by atoms with Crippen molar-refractivity contribution in [2.24, 2.45) is 0 Å². The van der Waals surface area contributed by atoms with Crippen molar-refractivity contribution in [1.82, 2.24) is 9.97 Å². The van der Waals surface area contributed by atoms with Gasteiger partial charge in [-0.15, -0.1) is 29.4 Å². The molecule has 6 heteroatoms. The van der Waals surface area contributed by atoms with Crippen LogP contribution in [0, 0.1) is 26.8 Å². The van der Waals surface area contributed by atoms with E-state index in [1.54, 1.807) is 0 Å². The number of anilines is 6. The van der Waals surface area contributed by atoms with Gasteiger partial charge in [-0.1, -0.05) is 130 Å². The zero-order chi connectivity index (χ0) is 40.8. The Morgan fingerprint density at radius 1 is 0.667 bits per heavy atom. The predicted molar refractivity (Wildman–Crippen MR) is 246 cm³/mol. The van der Waals surface area contributed by atoms with E-state index in [1.807, 2.05) is 6.20 Å². The molecule has 60 heavy (non-hydrogen) atoms. The smallest absolute Gasteiger partial charge is 0.653 e. The van der Waals surface area contributed by atoms with E-state index in [9.17, 15) is 0 Å². The van der Waals surface area contributed by atoms with Crippen LogP contribution in [0.4, 0.5) is 45.6 Å². The molecule has 0 saturated heterocycles. The Hall–Kier alpha value is -6.03. The first-order valence-corrected chi connectivity index (χ1v) is 20.5. The summed E-state index contributed by atoms with van der Waals surface area (Å²) < 4.78 is 0. The van der Waals surface area contributed by atoms with Crippen molar-refractivity contribution < 1.29 is 21.1 Å². The van der Waals surface area contributed by atoms with Gasteiger partial charge in [0.25, 0.3) is 0 Å². The maximum atomic E-state index is 5.61. The number of pyridine rings is 2. The molecule has 2 aliphatic rings. The predicted octanol–water partition coefficient (Wildman–Crippen LogP) is 15.2. The zero-order valence-corrected chi connectivity index (χ0v) is 37.6. The van der Waals surface area contributed by atoms with E-state index in [0.29, 0.717) is 0 Å². The van der Waals surface area contributed by atoms with Gasteiger partial charge in [-0.2, -0.15) is 0 Å². The fraction of sp³-hybridized carbons (Fsp3) is 0.185. The van der Waals surface area contributed by atoms with Crippen molar-refractivity contribution >= 4 is 56.5 Å². The second kappa shape index (κ2) is 14.6. The molecule has 0 aliphatic carbocycles. The Morgan fingerprint density at radius 3 is 2.12 bits per heavy atom. The molecule has 2 aliphatic heterocycles. The van der Waals surface area contributed by atoms with Crippen LogP contribution in [-0.4, -0.2) is 9.97 Å². The first kappa shape index (κ1) is 39.4. The number of aromatic nitrogens is 2. The summed E-state index contributed by atoms with van der Waals surface area (Å²) >= 11 is 0. The van der Waals surface area contributed by atoms with E-state index in [4.69, 9.17) is 15.3 Å². The number of hydrogen-bond acceptors (Lipinski definition) is 4. The molecule has 5 nitrogen and oxygen atoms in total. The molecule has 0 unspecified atom stereocenters. The molecule has 0 amide bonds. The Labute approximate surface area is 368 Å². The average molecular weight is 961 g/mol. The number of rotatable bonds is 4. The molecule has 6 aromatic carbocycles. The summed E-state index contributed by atoms with van der Waals surface area (Å²) in [5, 5.41) is 6.47. The number of aryl methyl sites for hydroxylation is 3. The van der Waals surface area contributed by atoms with Crippen LogP contribution in [0.25, 0.3) is 38.6 Å². The minimum atomic E-state index is -0.263. The van der Waals surface area contributed by atoms with Crippen LogP contribution in [0.2, 0.25) is 0 Å². The van der Waals surface area contributed by atoms with Gasteiger partial charge in [-0.3, -0.25) is 4.98 Å². The van der Waals surface area contributed by atoms with Crippen LogP contribution >= 0.6 is 0 Å². The van der Waals surface area contributed by atoms with Crippen LogP contribution in [-0.2, 0) is 31.9 Å². The average Bonchev–Trinajstić information content (AvgIpc) is 3.22. The van der Waals surface area contributed by atoms with Gasteiger partial charge in [0.1, 0.15) is 5.82 Å². The van der Waals surface area contributed by atoms with Crippen molar-refractivity contribution in [3.63, 3.8) is 0 Å². The summed E-state index contributed by atoms with van der Waals surface area (Å²) in [6.45, 7) is 18.0. The van der Waals surface area contributed by atoms with Crippen LogP contribution < -0.4 is 9.80 Å². The number of fused-ring (bicyclic) bond motifs is 6. The molecule has 0 N–H and O–H groups in total. The third-order valence-corrected chi connectivity index (χ3v) is 12.2. The molecule has 8 aromatic rings. The molecule has 0 atom stereocenters. The van der Waals surface area contributed by atoms with Crippen LogP contribution in [0.3, 0.4) is 0 Å². The number of benzene rings is 6. The molecule has 0 radical (unpaired) electrons. The van der Waals surface area contributed by atoms with Gasteiger partial charge in [-0.05, 0) is 119 Å². The number of para-hydroxylation sites is 4. The van der Waals surface area contributed by atoms with Crippen LogP contribution in [0.5, 0.6) is 0 Å². The van der Waals surface area contributed by atoms with Crippen LogP contribution in [0.15, 0.2) is 140 Å². The topological polar surface area (TPSA) is 46.4 Å². The maximum Gasteiger partial charge on any atom is 2.00 e. The maximum absolute atomic E-state index is 5.61. The monoisotopic (exact) mass is 960 g/mol. The van der Waals surface area contributed by atoms with E-state index in [-0.39, 0.29) is 31.9 Å². The fourth-order valence-corrected chi connectivity index (χ4v) is 9.38. The minimum Gasteiger partial charge on any atom is -0.653 e. The summed E-state index contributed by atoms with van der Waals surface area (Å²) in [6, 6.07) is 51.8. The van der Waals surface area contributed by atoms with Gasteiger partial charge in [0.2, 0.25) is 0 Å². The van der Waals surface area contributed by atoms with Crippen molar-refractivity contribution in [2.45, 2.75) is 66.2 Å². The molecule has 10 rings (SSSR count). The van der Waals surface area contributed by atoms with Crippen molar-refractivity contribution in [3.8, 4) is 22.4 Å². The summed E-state index contributed by atoms with van der Waals surface area (Å²) in [5.41, 5.74) is 19.1. The molecule has 0 spiro atoms. The molecule has 2 aromatic heterocycles. The molecule has 0 fully saturated rings. The summed E-state index contributed by atoms with van der Waals surface area (Å²) in [5.74, 6) is 0.877. The minimum absolute atomic E-state index is 0. The van der Waals surface area contributed by atoms with Gasteiger partial charge in [0, 0.05) is 39.8 Å². The number of nitrogens with zero attached hydrogens (tertiary/aromatic N) is 5. The second-order valence-electron chi connectivity index (χ2n) is 17.7. The van der Waals surface area contributed by atoms with E-state index in [0.717, 1.165) is 73.4 Å². The second-order valence-corrected chi connectivity index (χ2v) is 17.7. The third kappa shape index (κ3) is 6.34. The first-order valence-electron chi connectivity index (χ1n) is 20.5. The number of hydrogen-bond donors (Lipinski definition) is 0. The van der Waals surface area contributed by atoms with E-state index in [2.05, 4.69) is 205 Å². The molecule has 4 heterocycles. The standard InChI is InChI=1S/C54H47N5.Pt/c1-33-28-34(2)50(35(3)29-33)40-32-48-52(57-44-19-13-15-21-46(44)58(48)38-16-10-9-11-17-38)51-39(40)23-25-43(56-51)36-22-24-42-47(30-36)59(45-20-14-12-18-41(45)54(42,7)8)49-31-37(26-27-55-49)53(4,5)6;/h9-29,31-32H,1-8H3;/q-2;+2. The fourth-order valence-electron chi connectivity index (χ4n) is 9.38. The molecular formula is C54H47N5Pt. The van der Waals surface area contributed by atoms with Crippen molar-refractivity contribution in [2.75, 3.05) is 9.80 Å². The largest absolute Gasteiger partial charge is 2.00 e. The van der Waals surface area contributed by atoms with Gasteiger partial charge < -0.3 is 15.1 Å². The summed E-state index contributed by atoms with van der Waals surface area (Å²) in [7, 11) is 0.